The van der Waals surface area contributed by atoms with Gasteiger partial charge in [0.25, 0.3) is 0 Å². The fraction of sp³-hybridized carbons (Fsp3) is 0.529. The third kappa shape index (κ3) is 5.44. The van der Waals surface area contributed by atoms with Crippen molar-refractivity contribution in [1.29, 1.82) is 0 Å². The molecule has 1 atom stereocenters. The van der Waals surface area contributed by atoms with Gasteiger partial charge in [0.2, 0.25) is 5.91 Å². The second-order valence-corrected chi connectivity index (χ2v) is 6.88. The van der Waals surface area contributed by atoms with Crippen LogP contribution >= 0.6 is 15.9 Å². The topological polar surface area (TPSA) is 66.4 Å². The van der Waals surface area contributed by atoms with E-state index in [1.165, 1.54) is 6.42 Å². The molecule has 1 aliphatic rings. The molecule has 22 heavy (non-hydrogen) atoms. The molecule has 1 aromatic rings. The highest BCUT2D eigenvalue weighted by molar-refractivity contribution is 9.10. The summed E-state index contributed by atoms with van der Waals surface area (Å²) in [7, 11) is 0. The number of carboxylic acid groups (broad SMARTS) is 1. The smallest absolute Gasteiger partial charge is 0.304 e. The van der Waals surface area contributed by atoms with E-state index < -0.39 is 11.9 Å². The first-order valence-electron chi connectivity index (χ1n) is 7.81. The van der Waals surface area contributed by atoms with Crippen molar-refractivity contribution in [3.8, 4) is 0 Å². The molecule has 2 rings (SSSR count). The van der Waals surface area contributed by atoms with Gasteiger partial charge in [-0.05, 0) is 37.0 Å². The molecule has 0 saturated heterocycles. The molecule has 2 N–H and O–H groups in total. The van der Waals surface area contributed by atoms with E-state index in [1.807, 2.05) is 24.3 Å². The fourth-order valence-electron chi connectivity index (χ4n) is 2.94. The number of rotatable bonds is 6. The van der Waals surface area contributed by atoms with Gasteiger partial charge in [0.1, 0.15) is 0 Å². The lowest BCUT2D eigenvalue weighted by atomic mass is 9.92. The van der Waals surface area contributed by atoms with Crippen molar-refractivity contribution < 1.29 is 14.7 Å². The number of hydrogen-bond acceptors (Lipinski definition) is 2. The molecule has 0 spiro atoms. The minimum Gasteiger partial charge on any atom is -0.481 e. The van der Waals surface area contributed by atoms with E-state index in [0.717, 1.165) is 35.7 Å². The third-order valence-corrected chi connectivity index (χ3v) is 4.67. The number of carbonyl (C=O) groups is 2. The van der Waals surface area contributed by atoms with E-state index in [9.17, 15) is 9.59 Å². The molecule has 0 unspecified atom stereocenters. The predicted octanol–water partition coefficient (Wildman–Crippen LogP) is 3.53. The summed E-state index contributed by atoms with van der Waals surface area (Å²) in [4.78, 5) is 23.5. The first kappa shape index (κ1) is 17.0. The maximum Gasteiger partial charge on any atom is 0.304 e. The Labute approximate surface area is 139 Å². The first-order valence-corrected chi connectivity index (χ1v) is 8.60. The molecular weight excluding hydrogens is 346 g/mol. The maximum absolute atomic E-state index is 12.4. The van der Waals surface area contributed by atoms with Crippen LogP contribution in [0.15, 0.2) is 28.7 Å². The van der Waals surface area contributed by atoms with E-state index in [4.69, 9.17) is 5.11 Å². The Kier molecular flexibility index (Phi) is 6.43. The summed E-state index contributed by atoms with van der Waals surface area (Å²) in [5.74, 6) is -1.57. The SMILES string of the molecule is O=C(O)C[C@@H](Cc1ccc(Br)cc1)C(=O)NC1CCCCC1. The van der Waals surface area contributed by atoms with Crippen molar-refractivity contribution in [2.45, 2.75) is 51.0 Å². The molecule has 1 amide bonds. The summed E-state index contributed by atoms with van der Waals surface area (Å²) < 4.78 is 0.970. The number of halogens is 1. The summed E-state index contributed by atoms with van der Waals surface area (Å²) >= 11 is 3.37. The third-order valence-electron chi connectivity index (χ3n) is 4.14. The first-order chi connectivity index (χ1) is 10.5. The van der Waals surface area contributed by atoms with Crippen molar-refractivity contribution in [2.24, 2.45) is 5.92 Å². The van der Waals surface area contributed by atoms with Gasteiger partial charge in [-0.3, -0.25) is 9.59 Å². The Balaban J connectivity index is 1.99. The van der Waals surface area contributed by atoms with Gasteiger partial charge < -0.3 is 10.4 Å². The molecule has 1 aliphatic carbocycles. The Bertz CT molecular complexity index is 509. The Morgan fingerprint density at radius 1 is 1.18 bits per heavy atom. The van der Waals surface area contributed by atoms with Crippen molar-refractivity contribution in [3.63, 3.8) is 0 Å². The van der Waals surface area contributed by atoms with Crippen LogP contribution in [-0.4, -0.2) is 23.0 Å². The lowest BCUT2D eigenvalue weighted by molar-refractivity contribution is -0.141. The second kappa shape index (κ2) is 8.32. The lowest BCUT2D eigenvalue weighted by Crippen LogP contribution is -2.41. The summed E-state index contributed by atoms with van der Waals surface area (Å²) in [5.41, 5.74) is 0.980. The maximum atomic E-state index is 12.4. The number of aliphatic carboxylic acids is 1. The standard InChI is InChI=1S/C17H22BrNO3/c18-14-8-6-12(7-9-14)10-13(11-16(20)21)17(22)19-15-4-2-1-3-5-15/h6-9,13,15H,1-5,10-11H2,(H,19,22)(H,20,21)/t13-/m1/s1. The Morgan fingerprint density at radius 3 is 2.41 bits per heavy atom. The highest BCUT2D eigenvalue weighted by Crippen LogP contribution is 2.20. The van der Waals surface area contributed by atoms with Gasteiger partial charge in [-0.2, -0.15) is 0 Å². The number of nitrogens with one attached hydrogen (secondary N) is 1. The van der Waals surface area contributed by atoms with Crippen LogP contribution in [0.2, 0.25) is 0 Å². The van der Waals surface area contributed by atoms with E-state index in [0.29, 0.717) is 6.42 Å². The average molecular weight is 368 g/mol. The van der Waals surface area contributed by atoms with E-state index in [1.54, 1.807) is 0 Å². The second-order valence-electron chi connectivity index (χ2n) is 5.97. The molecule has 0 radical (unpaired) electrons. The van der Waals surface area contributed by atoms with Crippen LogP contribution < -0.4 is 5.32 Å². The van der Waals surface area contributed by atoms with Crippen LogP contribution in [0.3, 0.4) is 0 Å². The monoisotopic (exact) mass is 367 g/mol. The van der Waals surface area contributed by atoms with Crippen LogP contribution in [0.25, 0.3) is 0 Å². The highest BCUT2D eigenvalue weighted by atomic mass is 79.9. The van der Waals surface area contributed by atoms with Crippen LogP contribution in [0.5, 0.6) is 0 Å². The zero-order valence-electron chi connectivity index (χ0n) is 12.6. The predicted molar refractivity (Wildman–Crippen MR) is 88.6 cm³/mol. The van der Waals surface area contributed by atoms with Gasteiger partial charge in [-0.15, -0.1) is 0 Å². The minimum atomic E-state index is -0.930. The van der Waals surface area contributed by atoms with Crippen molar-refractivity contribution in [3.05, 3.63) is 34.3 Å². The van der Waals surface area contributed by atoms with E-state index in [2.05, 4.69) is 21.2 Å². The quantitative estimate of drug-likeness (QED) is 0.807. The number of amides is 1. The van der Waals surface area contributed by atoms with Crippen LogP contribution in [0.4, 0.5) is 0 Å². The summed E-state index contributed by atoms with van der Waals surface area (Å²) in [6.45, 7) is 0. The van der Waals surface area contributed by atoms with Gasteiger partial charge in [-0.25, -0.2) is 0 Å². The van der Waals surface area contributed by atoms with Gasteiger partial charge in [0.05, 0.1) is 12.3 Å². The van der Waals surface area contributed by atoms with Crippen LogP contribution in [0, 0.1) is 5.92 Å². The molecule has 5 heteroatoms. The van der Waals surface area contributed by atoms with Gasteiger partial charge in [0.15, 0.2) is 0 Å². The zero-order valence-corrected chi connectivity index (χ0v) is 14.1. The zero-order chi connectivity index (χ0) is 15.9. The molecule has 0 bridgehead atoms. The number of carbonyl (C=O) groups excluding carboxylic acids is 1. The van der Waals surface area contributed by atoms with Crippen molar-refractivity contribution in [2.75, 3.05) is 0 Å². The molecule has 0 aromatic heterocycles. The molecule has 0 aliphatic heterocycles. The van der Waals surface area contributed by atoms with E-state index in [-0.39, 0.29) is 18.4 Å². The lowest BCUT2D eigenvalue weighted by Gasteiger charge is -2.25. The molecule has 120 valence electrons. The molecule has 0 heterocycles. The van der Waals surface area contributed by atoms with Gasteiger partial charge in [-0.1, -0.05) is 47.3 Å². The highest BCUT2D eigenvalue weighted by Gasteiger charge is 2.25. The normalized spacial score (nSPS) is 17.0. The largest absolute Gasteiger partial charge is 0.481 e. The van der Waals surface area contributed by atoms with Crippen molar-refractivity contribution in [1.82, 2.24) is 5.32 Å². The number of carboxylic acids is 1. The van der Waals surface area contributed by atoms with E-state index >= 15 is 0 Å². The summed E-state index contributed by atoms with van der Waals surface area (Å²) in [5, 5.41) is 12.1. The number of hydrogen-bond donors (Lipinski definition) is 2. The molecule has 4 nitrogen and oxygen atoms in total. The number of benzene rings is 1. The van der Waals surface area contributed by atoms with Gasteiger partial charge >= 0.3 is 5.97 Å². The average Bonchev–Trinajstić information content (AvgIpc) is 2.49. The van der Waals surface area contributed by atoms with Crippen LogP contribution in [0.1, 0.15) is 44.1 Å². The summed E-state index contributed by atoms with van der Waals surface area (Å²) in [6, 6.07) is 7.88. The Morgan fingerprint density at radius 2 is 1.82 bits per heavy atom. The van der Waals surface area contributed by atoms with Gasteiger partial charge in [0, 0.05) is 10.5 Å². The Hall–Kier alpha value is -1.36. The molecule has 1 saturated carbocycles. The molecule has 1 fully saturated rings. The molecule has 1 aromatic carbocycles. The fourth-order valence-corrected chi connectivity index (χ4v) is 3.20. The van der Waals surface area contributed by atoms with Crippen molar-refractivity contribution >= 4 is 27.8 Å². The summed E-state index contributed by atoms with van der Waals surface area (Å²) in [6.07, 6.45) is 5.84. The molecular formula is C17H22BrNO3. The van der Waals surface area contributed by atoms with Crippen LogP contribution in [-0.2, 0) is 16.0 Å². The minimum absolute atomic E-state index is 0.128.